The Morgan fingerprint density at radius 3 is 2.96 bits per heavy atom. The molecule has 1 atom stereocenters. The van der Waals surface area contributed by atoms with Crippen LogP contribution >= 0.6 is 12.2 Å². The highest BCUT2D eigenvalue weighted by Gasteiger charge is 2.22. The number of rotatable bonds is 4. The number of nitrogens with one attached hydrogen (secondary N) is 2. The number of benzene rings is 1. The summed E-state index contributed by atoms with van der Waals surface area (Å²) >= 11 is 5.01. The summed E-state index contributed by atoms with van der Waals surface area (Å²) in [7, 11) is 0. The summed E-state index contributed by atoms with van der Waals surface area (Å²) < 4.78 is 6.09. The second kappa shape index (κ2) is 7.93. The first-order valence-electron chi connectivity index (χ1n) is 8.75. The maximum atomic E-state index is 12.8. The number of aromatic nitrogens is 2. The number of carbonyl (C=O) groups excluding carboxylic acids is 1. The van der Waals surface area contributed by atoms with Gasteiger partial charge < -0.3 is 14.6 Å². The maximum Gasteiger partial charge on any atom is 0.259 e. The lowest BCUT2D eigenvalue weighted by Gasteiger charge is -2.21. The quantitative estimate of drug-likeness (QED) is 0.821. The predicted octanol–water partition coefficient (Wildman–Crippen LogP) is 3.01. The van der Waals surface area contributed by atoms with Crippen LogP contribution in [0.4, 0.5) is 0 Å². The Kier molecular flexibility index (Phi) is 5.65. The predicted molar refractivity (Wildman–Crippen MR) is 99.5 cm³/mol. The molecule has 0 spiro atoms. The van der Waals surface area contributed by atoms with Crippen LogP contribution < -0.4 is 5.56 Å². The number of nitrogens with zero attached hydrogens (tertiary/aromatic N) is 1. The van der Waals surface area contributed by atoms with Crippen molar-refractivity contribution in [3.63, 3.8) is 0 Å². The molecule has 2 heterocycles. The van der Waals surface area contributed by atoms with Crippen molar-refractivity contribution in [2.24, 2.45) is 0 Å². The Morgan fingerprint density at radius 2 is 2.16 bits per heavy atom. The van der Waals surface area contributed by atoms with Gasteiger partial charge in [-0.3, -0.25) is 14.6 Å². The van der Waals surface area contributed by atoms with Crippen LogP contribution in [0.15, 0.2) is 23.0 Å². The molecule has 0 saturated carbocycles. The van der Waals surface area contributed by atoms with E-state index in [1.165, 1.54) is 0 Å². The van der Waals surface area contributed by atoms with E-state index in [2.05, 4.69) is 16.9 Å². The Hall–Kier alpha value is -1.99. The van der Waals surface area contributed by atoms with Crippen molar-refractivity contribution in [1.82, 2.24) is 14.9 Å². The molecule has 0 aliphatic carbocycles. The van der Waals surface area contributed by atoms with Crippen molar-refractivity contribution in [2.45, 2.75) is 38.7 Å². The average molecular weight is 361 g/mol. The maximum absolute atomic E-state index is 12.8. The zero-order chi connectivity index (χ0) is 17.8. The van der Waals surface area contributed by atoms with Crippen LogP contribution in [0.2, 0.25) is 0 Å². The zero-order valence-corrected chi connectivity index (χ0v) is 15.2. The highest BCUT2D eigenvalue weighted by atomic mass is 32.1. The van der Waals surface area contributed by atoms with Crippen molar-refractivity contribution in [2.75, 3.05) is 19.7 Å². The smallest absolute Gasteiger partial charge is 0.259 e. The van der Waals surface area contributed by atoms with E-state index in [0.717, 1.165) is 38.8 Å². The first kappa shape index (κ1) is 17.8. The van der Waals surface area contributed by atoms with Crippen molar-refractivity contribution in [3.05, 3.63) is 38.9 Å². The molecule has 0 bridgehead atoms. The topological polar surface area (TPSA) is 78.2 Å². The van der Waals surface area contributed by atoms with Gasteiger partial charge in [0.1, 0.15) is 0 Å². The number of hydrogen-bond donors (Lipinski definition) is 2. The minimum Gasteiger partial charge on any atom is -0.378 e. The molecule has 1 aromatic heterocycles. The molecular weight excluding hydrogens is 338 g/mol. The van der Waals surface area contributed by atoms with Crippen molar-refractivity contribution in [1.29, 1.82) is 0 Å². The largest absolute Gasteiger partial charge is 0.378 e. The molecule has 1 saturated heterocycles. The van der Waals surface area contributed by atoms with E-state index in [1.807, 2.05) is 4.90 Å². The number of ether oxygens (including phenoxy) is 1. The van der Waals surface area contributed by atoms with Gasteiger partial charge in [0.05, 0.1) is 17.0 Å². The molecule has 1 fully saturated rings. The number of likely N-dealkylation sites (tertiary alicyclic amines) is 1. The number of aromatic amines is 2. The summed E-state index contributed by atoms with van der Waals surface area (Å²) in [6.07, 6.45) is 4.04. The Balaban J connectivity index is 1.77. The molecule has 1 aliphatic rings. The molecule has 1 aliphatic heterocycles. The molecular formula is C18H23N3O3S. The molecule has 7 heteroatoms. The fourth-order valence-corrected chi connectivity index (χ4v) is 3.41. The van der Waals surface area contributed by atoms with E-state index < -0.39 is 0 Å². The Bertz CT molecular complexity index is 874. The number of hydrogen-bond acceptors (Lipinski definition) is 4. The van der Waals surface area contributed by atoms with Crippen LogP contribution in [0.1, 0.15) is 43.0 Å². The van der Waals surface area contributed by atoms with Gasteiger partial charge in [-0.1, -0.05) is 6.92 Å². The molecule has 1 aromatic carbocycles. The first-order chi connectivity index (χ1) is 12.1. The van der Waals surface area contributed by atoms with Gasteiger partial charge in [0.2, 0.25) is 0 Å². The van der Waals surface area contributed by atoms with Gasteiger partial charge in [0.15, 0.2) is 4.77 Å². The van der Waals surface area contributed by atoms with E-state index in [9.17, 15) is 9.59 Å². The summed E-state index contributed by atoms with van der Waals surface area (Å²) in [5.74, 6) is -0.0161. The summed E-state index contributed by atoms with van der Waals surface area (Å²) in [6, 6.07) is 5.07. The first-order valence-corrected chi connectivity index (χ1v) is 9.16. The molecule has 2 aromatic rings. The molecule has 0 radical (unpaired) electrons. The van der Waals surface area contributed by atoms with Crippen LogP contribution in [-0.4, -0.2) is 46.6 Å². The van der Waals surface area contributed by atoms with Crippen molar-refractivity contribution < 1.29 is 9.53 Å². The fraction of sp³-hybridized carbons (Fsp3) is 0.500. The van der Waals surface area contributed by atoms with Gasteiger partial charge in [0, 0.05) is 25.3 Å². The van der Waals surface area contributed by atoms with Gasteiger partial charge in [-0.25, -0.2) is 0 Å². The van der Waals surface area contributed by atoms with Crippen molar-refractivity contribution in [3.8, 4) is 0 Å². The number of H-pyrrole nitrogens is 2. The second-order valence-electron chi connectivity index (χ2n) is 6.38. The lowest BCUT2D eigenvalue weighted by Crippen LogP contribution is -2.32. The number of carbonyl (C=O) groups is 1. The van der Waals surface area contributed by atoms with Crippen LogP contribution in [0, 0.1) is 4.77 Å². The van der Waals surface area contributed by atoms with Crippen LogP contribution in [0.3, 0.4) is 0 Å². The molecule has 134 valence electrons. The fourth-order valence-electron chi connectivity index (χ4n) is 3.21. The summed E-state index contributed by atoms with van der Waals surface area (Å²) in [5, 5.41) is 0.494. The van der Waals surface area contributed by atoms with Crippen molar-refractivity contribution >= 4 is 29.0 Å². The average Bonchev–Trinajstić information content (AvgIpc) is 2.84. The second-order valence-corrected chi connectivity index (χ2v) is 6.79. The Labute approximate surface area is 151 Å². The van der Waals surface area contributed by atoms with E-state index >= 15 is 0 Å². The van der Waals surface area contributed by atoms with Gasteiger partial charge in [0.25, 0.3) is 11.5 Å². The summed E-state index contributed by atoms with van der Waals surface area (Å²) in [5.41, 5.74) is 0.902. The van der Waals surface area contributed by atoms with Crippen LogP contribution in [0.25, 0.3) is 10.9 Å². The van der Waals surface area contributed by atoms with Gasteiger partial charge in [-0.05, 0) is 56.1 Å². The standard InChI is InChI=1S/C18H23N3O3S/c1-2-10-24-13-4-3-8-21(9-7-13)17(23)12-5-6-14-15(11-12)19-18(25)20-16(14)22/h5-6,11,13H,2-4,7-10H2,1H3,(H2,19,20,22,25). The SMILES string of the molecule is CCCOC1CCCN(C(=O)c2ccc3c(=O)[nH]c(=S)[nH]c3c2)CC1. The van der Waals surface area contributed by atoms with Gasteiger partial charge in [-0.15, -0.1) is 0 Å². The minimum atomic E-state index is -0.247. The molecule has 1 amide bonds. The lowest BCUT2D eigenvalue weighted by atomic mass is 10.1. The van der Waals surface area contributed by atoms with Crippen LogP contribution in [-0.2, 0) is 4.74 Å². The highest BCUT2D eigenvalue weighted by Crippen LogP contribution is 2.18. The van der Waals surface area contributed by atoms with Crippen LogP contribution in [0.5, 0.6) is 0 Å². The number of fused-ring (bicyclic) bond motifs is 1. The third-order valence-electron chi connectivity index (χ3n) is 4.51. The molecule has 6 nitrogen and oxygen atoms in total. The van der Waals surface area contributed by atoms with E-state index in [-0.39, 0.29) is 22.3 Å². The van der Waals surface area contributed by atoms with Gasteiger partial charge in [-0.2, -0.15) is 0 Å². The van der Waals surface area contributed by atoms with E-state index in [1.54, 1.807) is 18.2 Å². The summed E-state index contributed by atoms with van der Waals surface area (Å²) in [4.78, 5) is 32.1. The molecule has 25 heavy (non-hydrogen) atoms. The minimum absolute atomic E-state index is 0.0161. The third kappa shape index (κ3) is 4.16. The lowest BCUT2D eigenvalue weighted by molar-refractivity contribution is 0.0432. The van der Waals surface area contributed by atoms with E-state index in [4.69, 9.17) is 17.0 Å². The third-order valence-corrected chi connectivity index (χ3v) is 4.71. The Morgan fingerprint density at radius 1 is 1.32 bits per heavy atom. The molecule has 1 unspecified atom stereocenters. The summed E-state index contributed by atoms with van der Waals surface area (Å²) in [6.45, 7) is 4.30. The molecule has 2 N–H and O–H groups in total. The highest BCUT2D eigenvalue weighted by molar-refractivity contribution is 7.71. The zero-order valence-electron chi connectivity index (χ0n) is 14.3. The normalized spacial score (nSPS) is 18.3. The van der Waals surface area contributed by atoms with E-state index in [0.29, 0.717) is 23.0 Å². The molecule has 3 rings (SSSR count). The van der Waals surface area contributed by atoms with Gasteiger partial charge >= 0.3 is 0 Å². The number of amides is 1. The monoisotopic (exact) mass is 361 g/mol.